The molecule has 2 aromatic carbocycles. The molecule has 0 saturated heterocycles. The lowest BCUT2D eigenvalue weighted by Crippen LogP contribution is -2.15. The largest absolute Gasteiger partial charge is 0.397 e. The van der Waals surface area contributed by atoms with Gasteiger partial charge in [0.15, 0.2) is 0 Å². The SMILES string of the molecule is CCc1ccccc1NC(=O)c1cccc(Cl)c1N. The van der Waals surface area contributed by atoms with E-state index in [-0.39, 0.29) is 5.91 Å². The predicted molar refractivity (Wildman–Crippen MR) is 79.6 cm³/mol. The fourth-order valence-corrected chi connectivity index (χ4v) is 2.05. The van der Waals surface area contributed by atoms with Crippen LogP contribution in [-0.2, 0) is 6.42 Å². The smallest absolute Gasteiger partial charge is 0.257 e. The van der Waals surface area contributed by atoms with Crippen molar-refractivity contribution in [3.63, 3.8) is 0 Å². The van der Waals surface area contributed by atoms with Crippen LogP contribution in [0.1, 0.15) is 22.8 Å². The third-order valence-corrected chi connectivity index (χ3v) is 3.27. The van der Waals surface area contributed by atoms with Crippen molar-refractivity contribution in [2.45, 2.75) is 13.3 Å². The molecule has 0 spiro atoms. The second kappa shape index (κ2) is 5.76. The van der Waals surface area contributed by atoms with Gasteiger partial charge in [0, 0.05) is 5.69 Å². The fraction of sp³-hybridized carbons (Fsp3) is 0.133. The number of hydrogen-bond donors (Lipinski definition) is 2. The second-order valence-corrected chi connectivity index (χ2v) is 4.57. The standard InChI is InChI=1S/C15H15ClN2O/c1-2-10-6-3-4-9-13(10)18-15(19)11-7-5-8-12(16)14(11)17/h3-9H,2,17H2,1H3,(H,18,19). The van der Waals surface area contributed by atoms with E-state index >= 15 is 0 Å². The van der Waals surface area contributed by atoms with E-state index in [0.717, 1.165) is 17.7 Å². The van der Waals surface area contributed by atoms with Gasteiger partial charge in [-0.3, -0.25) is 4.79 Å². The molecule has 0 saturated carbocycles. The number of para-hydroxylation sites is 2. The summed E-state index contributed by atoms with van der Waals surface area (Å²) in [6.45, 7) is 2.04. The van der Waals surface area contributed by atoms with Crippen molar-refractivity contribution in [2.24, 2.45) is 0 Å². The number of aryl methyl sites for hydroxylation is 1. The van der Waals surface area contributed by atoms with Crippen LogP contribution in [0.25, 0.3) is 0 Å². The van der Waals surface area contributed by atoms with Gasteiger partial charge in [-0.05, 0) is 30.2 Å². The van der Waals surface area contributed by atoms with Crippen molar-refractivity contribution < 1.29 is 4.79 Å². The predicted octanol–water partition coefficient (Wildman–Crippen LogP) is 3.74. The normalized spacial score (nSPS) is 10.2. The van der Waals surface area contributed by atoms with E-state index in [1.54, 1.807) is 18.2 Å². The number of rotatable bonds is 3. The summed E-state index contributed by atoms with van der Waals surface area (Å²) in [6.07, 6.45) is 0.849. The highest BCUT2D eigenvalue weighted by atomic mass is 35.5. The molecule has 19 heavy (non-hydrogen) atoms. The summed E-state index contributed by atoms with van der Waals surface area (Å²) >= 11 is 5.91. The van der Waals surface area contributed by atoms with Crippen molar-refractivity contribution in [2.75, 3.05) is 11.1 Å². The number of amides is 1. The molecule has 0 unspecified atom stereocenters. The van der Waals surface area contributed by atoms with Crippen LogP contribution in [0, 0.1) is 0 Å². The number of anilines is 2. The van der Waals surface area contributed by atoms with Gasteiger partial charge in [0.05, 0.1) is 16.3 Å². The third-order valence-electron chi connectivity index (χ3n) is 2.94. The van der Waals surface area contributed by atoms with Crippen LogP contribution >= 0.6 is 11.6 Å². The van der Waals surface area contributed by atoms with E-state index in [1.807, 2.05) is 31.2 Å². The van der Waals surface area contributed by atoms with Crippen molar-refractivity contribution >= 4 is 28.9 Å². The van der Waals surface area contributed by atoms with Crippen molar-refractivity contribution in [3.05, 3.63) is 58.6 Å². The minimum absolute atomic E-state index is 0.249. The molecule has 0 aliphatic rings. The van der Waals surface area contributed by atoms with Crippen LogP contribution in [-0.4, -0.2) is 5.91 Å². The maximum atomic E-state index is 12.2. The number of nitrogens with two attached hydrogens (primary N) is 1. The van der Waals surface area contributed by atoms with Gasteiger partial charge in [-0.1, -0.05) is 42.8 Å². The van der Waals surface area contributed by atoms with Crippen LogP contribution in [0.15, 0.2) is 42.5 Å². The Hall–Kier alpha value is -2.00. The second-order valence-electron chi connectivity index (χ2n) is 4.17. The summed E-state index contributed by atoms with van der Waals surface area (Å²) in [5, 5.41) is 3.25. The van der Waals surface area contributed by atoms with Crippen LogP contribution in [0.5, 0.6) is 0 Å². The lowest BCUT2D eigenvalue weighted by molar-refractivity contribution is 0.102. The average Bonchev–Trinajstić information content (AvgIpc) is 2.42. The fourth-order valence-electron chi connectivity index (χ4n) is 1.88. The van der Waals surface area contributed by atoms with Gasteiger partial charge in [-0.15, -0.1) is 0 Å². The van der Waals surface area contributed by atoms with E-state index in [1.165, 1.54) is 0 Å². The minimum Gasteiger partial charge on any atom is -0.397 e. The Morgan fingerprint density at radius 2 is 1.95 bits per heavy atom. The van der Waals surface area contributed by atoms with Crippen LogP contribution in [0.2, 0.25) is 5.02 Å². The monoisotopic (exact) mass is 274 g/mol. The molecule has 3 nitrogen and oxygen atoms in total. The topological polar surface area (TPSA) is 55.1 Å². The number of carbonyl (C=O) groups excluding carboxylic acids is 1. The zero-order chi connectivity index (χ0) is 13.8. The zero-order valence-corrected chi connectivity index (χ0v) is 11.4. The van der Waals surface area contributed by atoms with Gasteiger partial charge in [0.1, 0.15) is 0 Å². The average molecular weight is 275 g/mol. The molecule has 98 valence electrons. The van der Waals surface area contributed by atoms with Crippen molar-refractivity contribution in [1.82, 2.24) is 0 Å². The van der Waals surface area contributed by atoms with E-state index in [9.17, 15) is 4.79 Å². The van der Waals surface area contributed by atoms with E-state index < -0.39 is 0 Å². The molecule has 2 aromatic rings. The Labute approximate surface area is 117 Å². The zero-order valence-electron chi connectivity index (χ0n) is 10.6. The summed E-state index contributed by atoms with van der Waals surface area (Å²) < 4.78 is 0. The van der Waals surface area contributed by atoms with Crippen LogP contribution < -0.4 is 11.1 Å². The molecular formula is C15H15ClN2O. The number of nitrogens with one attached hydrogen (secondary N) is 1. The molecule has 0 atom stereocenters. The number of halogens is 1. The first-order valence-electron chi connectivity index (χ1n) is 6.06. The highest BCUT2D eigenvalue weighted by Crippen LogP contribution is 2.24. The van der Waals surface area contributed by atoms with Crippen LogP contribution in [0.3, 0.4) is 0 Å². The molecule has 1 amide bonds. The first-order valence-corrected chi connectivity index (χ1v) is 6.44. The van der Waals surface area contributed by atoms with Gasteiger partial charge < -0.3 is 11.1 Å². The number of benzene rings is 2. The van der Waals surface area contributed by atoms with Gasteiger partial charge in [-0.2, -0.15) is 0 Å². The Kier molecular flexibility index (Phi) is 4.07. The van der Waals surface area contributed by atoms with Crippen molar-refractivity contribution in [1.29, 1.82) is 0 Å². The Morgan fingerprint density at radius 1 is 1.21 bits per heavy atom. The van der Waals surface area contributed by atoms with E-state index in [0.29, 0.717) is 16.3 Å². The number of hydrogen-bond acceptors (Lipinski definition) is 2. The summed E-state index contributed by atoms with van der Waals surface area (Å²) in [7, 11) is 0. The van der Waals surface area contributed by atoms with Crippen molar-refractivity contribution in [3.8, 4) is 0 Å². The minimum atomic E-state index is -0.249. The molecule has 2 rings (SSSR count). The lowest BCUT2D eigenvalue weighted by atomic mass is 10.1. The molecular weight excluding hydrogens is 260 g/mol. The van der Waals surface area contributed by atoms with E-state index in [4.69, 9.17) is 17.3 Å². The molecule has 0 bridgehead atoms. The highest BCUT2D eigenvalue weighted by Gasteiger charge is 2.12. The molecule has 0 radical (unpaired) electrons. The maximum Gasteiger partial charge on any atom is 0.257 e. The molecule has 4 heteroatoms. The molecule has 0 aliphatic carbocycles. The quantitative estimate of drug-likeness (QED) is 0.838. The first-order chi connectivity index (χ1) is 9.13. The molecule has 3 N–H and O–H groups in total. The first kappa shape index (κ1) is 13.4. The highest BCUT2D eigenvalue weighted by molar-refractivity contribution is 6.34. The Morgan fingerprint density at radius 3 is 2.68 bits per heavy atom. The molecule has 0 aromatic heterocycles. The van der Waals surface area contributed by atoms with Gasteiger partial charge in [0.25, 0.3) is 5.91 Å². The Bertz CT molecular complexity index is 611. The number of carbonyl (C=O) groups is 1. The Balaban J connectivity index is 2.28. The lowest BCUT2D eigenvalue weighted by Gasteiger charge is -2.11. The summed E-state index contributed by atoms with van der Waals surface area (Å²) in [4.78, 5) is 12.2. The molecule has 0 fully saturated rings. The van der Waals surface area contributed by atoms with Gasteiger partial charge >= 0.3 is 0 Å². The summed E-state index contributed by atoms with van der Waals surface area (Å²) in [5.74, 6) is -0.249. The number of nitrogen functional groups attached to an aromatic ring is 1. The third kappa shape index (κ3) is 2.88. The molecule has 0 aliphatic heterocycles. The molecule has 0 heterocycles. The maximum absolute atomic E-state index is 12.2. The van der Waals surface area contributed by atoms with Gasteiger partial charge in [-0.25, -0.2) is 0 Å². The van der Waals surface area contributed by atoms with E-state index in [2.05, 4.69) is 5.32 Å². The summed E-state index contributed by atoms with van der Waals surface area (Å²) in [5.41, 5.74) is 8.38. The van der Waals surface area contributed by atoms with Crippen LogP contribution in [0.4, 0.5) is 11.4 Å². The summed E-state index contributed by atoms with van der Waals surface area (Å²) in [6, 6.07) is 12.7. The van der Waals surface area contributed by atoms with Gasteiger partial charge in [0.2, 0.25) is 0 Å².